The lowest BCUT2D eigenvalue weighted by molar-refractivity contribution is 1.16. The minimum absolute atomic E-state index is 0.745. The highest BCUT2D eigenvalue weighted by Gasteiger charge is 1.93. The van der Waals surface area contributed by atoms with Gasteiger partial charge in [-0.25, -0.2) is 4.99 Å². The molecule has 0 saturated carbocycles. The normalized spacial score (nSPS) is 18.3. The van der Waals surface area contributed by atoms with E-state index in [-0.39, 0.29) is 0 Å². The quantitative estimate of drug-likeness (QED) is 0.431. The van der Waals surface area contributed by atoms with E-state index in [0.717, 1.165) is 11.5 Å². The average molecular weight is 100 g/mol. The zero-order chi connectivity index (χ0) is 4.41. The highest BCUT2D eigenvalue weighted by Crippen LogP contribution is 1.79. The molecule has 1 aliphatic heterocycles. The summed E-state index contributed by atoms with van der Waals surface area (Å²) in [4.78, 5) is 4.48. The van der Waals surface area contributed by atoms with Crippen LogP contribution in [0.25, 0.3) is 0 Å². The summed E-state index contributed by atoms with van der Waals surface area (Å²) in [6, 6.07) is 0. The van der Waals surface area contributed by atoms with Crippen molar-refractivity contribution in [2.45, 2.75) is 0 Å². The fourth-order valence-corrected chi connectivity index (χ4v) is 0.432. The standard InChI is InChI=1S/C3H4N2S/c6-3-1-4-2-5-3/h2H,1H2,(H,4,5,6). The highest BCUT2D eigenvalue weighted by molar-refractivity contribution is 7.80. The Hall–Kier alpha value is -0.440. The van der Waals surface area contributed by atoms with E-state index < -0.39 is 0 Å². The number of hydrogen-bond donors (Lipinski definition) is 1. The lowest BCUT2D eigenvalue weighted by atomic mass is 10.7. The highest BCUT2D eigenvalue weighted by atomic mass is 32.1. The van der Waals surface area contributed by atoms with Gasteiger partial charge in [-0.05, 0) is 0 Å². The third kappa shape index (κ3) is 0.542. The van der Waals surface area contributed by atoms with Crippen LogP contribution in [0.4, 0.5) is 0 Å². The van der Waals surface area contributed by atoms with Crippen molar-refractivity contribution >= 4 is 23.5 Å². The number of nitrogens with one attached hydrogen (secondary N) is 1. The minimum Gasteiger partial charge on any atom is -0.370 e. The van der Waals surface area contributed by atoms with Crippen molar-refractivity contribution < 1.29 is 0 Å². The fourth-order valence-electron chi connectivity index (χ4n) is 0.296. The van der Waals surface area contributed by atoms with Gasteiger partial charge in [-0.2, -0.15) is 0 Å². The largest absolute Gasteiger partial charge is 0.370 e. The molecule has 1 heterocycles. The van der Waals surface area contributed by atoms with Crippen LogP contribution in [0.3, 0.4) is 0 Å². The molecule has 3 heteroatoms. The van der Waals surface area contributed by atoms with Crippen LogP contribution in [0.15, 0.2) is 4.99 Å². The van der Waals surface area contributed by atoms with E-state index in [1.807, 2.05) is 0 Å². The Bertz CT molecular complexity index is 97.0. The maximum absolute atomic E-state index is 4.66. The molecule has 0 spiro atoms. The Morgan fingerprint density at radius 1 is 2.00 bits per heavy atom. The maximum atomic E-state index is 4.66. The predicted octanol–water partition coefficient (Wildman–Crippen LogP) is -0.0547. The van der Waals surface area contributed by atoms with Crippen molar-refractivity contribution in [3.05, 3.63) is 0 Å². The molecule has 0 saturated heterocycles. The van der Waals surface area contributed by atoms with Gasteiger partial charge in [0.05, 0.1) is 12.9 Å². The third-order valence-corrected chi connectivity index (χ3v) is 0.803. The Morgan fingerprint density at radius 2 is 2.83 bits per heavy atom. The van der Waals surface area contributed by atoms with Crippen molar-refractivity contribution in [2.24, 2.45) is 4.99 Å². The molecule has 0 aromatic heterocycles. The molecule has 0 fully saturated rings. The Balaban J connectivity index is 2.59. The molecule has 1 N–H and O–H groups in total. The number of aliphatic imine (C=N–C) groups is 1. The molecule has 0 unspecified atom stereocenters. The van der Waals surface area contributed by atoms with Crippen molar-refractivity contribution in [3.63, 3.8) is 0 Å². The average Bonchev–Trinajstić information content (AvgIpc) is 1.86. The van der Waals surface area contributed by atoms with E-state index in [0.29, 0.717) is 0 Å². The first kappa shape index (κ1) is 3.74. The van der Waals surface area contributed by atoms with Crippen molar-refractivity contribution in [1.82, 2.24) is 5.32 Å². The Kier molecular flexibility index (Phi) is 0.837. The van der Waals surface area contributed by atoms with Crippen LogP contribution in [-0.2, 0) is 0 Å². The van der Waals surface area contributed by atoms with Crippen LogP contribution in [0.1, 0.15) is 0 Å². The molecule has 1 aliphatic rings. The van der Waals surface area contributed by atoms with Crippen molar-refractivity contribution in [3.8, 4) is 0 Å². The molecule has 0 aliphatic carbocycles. The van der Waals surface area contributed by atoms with Gasteiger partial charge in [-0.3, -0.25) is 0 Å². The number of thiocarbonyl (C=S) groups is 1. The molecule has 0 radical (unpaired) electrons. The summed E-state index contributed by atoms with van der Waals surface area (Å²) in [5, 5.41) is 2.84. The summed E-state index contributed by atoms with van der Waals surface area (Å²) >= 11 is 4.66. The zero-order valence-corrected chi connectivity index (χ0v) is 3.96. The molecule has 1 rings (SSSR count). The van der Waals surface area contributed by atoms with Crippen LogP contribution < -0.4 is 5.32 Å². The molecule has 0 atom stereocenters. The first-order valence-corrected chi connectivity index (χ1v) is 2.09. The SMILES string of the molecule is S=C1CNC=N1. The summed E-state index contributed by atoms with van der Waals surface area (Å²) in [5.41, 5.74) is 0. The Morgan fingerprint density at radius 3 is 3.00 bits per heavy atom. The number of nitrogens with zero attached hydrogens (tertiary/aromatic N) is 1. The van der Waals surface area contributed by atoms with Crippen LogP contribution in [0.2, 0.25) is 0 Å². The smallest absolute Gasteiger partial charge is 0.124 e. The van der Waals surface area contributed by atoms with E-state index in [2.05, 4.69) is 22.5 Å². The lowest BCUT2D eigenvalue weighted by Gasteiger charge is -1.77. The summed E-state index contributed by atoms with van der Waals surface area (Å²) in [7, 11) is 0. The van der Waals surface area contributed by atoms with Crippen molar-refractivity contribution in [1.29, 1.82) is 0 Å². The van der Waals surface area contributed by atoms with E-state index in [4.69, 9.17) is 0 Å². The van der Waals surface area contributed by atoms with Crippen molar-refractivity contribution in [2.75, 3.05) is 6.54 Å². The van der Waals surface area contributed by atoms with Gasteiger partial charge in [0.25, 0.3) is 0 Å². The lowest BCUT2D eigenvalue weighted by Crippen LogP contribution is -2.07. The predicted molar refractivity (Wildman–Crippen MR) is 29.1 cm³/mol. The summed E-state index contributed by atoms with van der Waals surface area (Å²) in [6.45, 7) is 0.745. The monoisotopic (exact) mass is 100 g/mol. The van der Waals surface area contributed by atoms with Gasteiger partial charge >= 0.3 is 0 Å². The molecule has 0 aromatic rings. The summed E-state index contributed by atoms with van der Waals surface area (Å²) in [5.74, 6) is 0. The molecular formula is C3H4N2S. The molecule has 32 valence electrons. The van der Waals surface area contributed by atoms with Gasteiger partial charge in [0.1, 0.15) is 4.99 Å². The second kappa shape index (κ2) is 1.34. The zero-order valence-electron chi connectivity index (χ0n) is 3.14. The van der Waals surface area contributed by atoms with Crippen LogP contribution in [-0.4, -0.2) is 17.9 Å². The van der Waals surface area contributed by atoms with Crippen LogP contribution in [0, 0.1) is 0 Å². The molecule has 0 aromatic carbocycles. The van der Waals surface area contributed by atoms with Crippen LogP contribution in [0.5, 0.6) is 0 Å². The van der Waals surface area contributed by atoms with Gasteiger partial charge < -0.3 is 5.32 Å². The van der Waals surface area contributed by atoms with Gasteiger partial charge in [-0.15, -0.1) is 0 Å². The molecular weight excluding hydrogens is 96.1 g/mol. The van der Waals surface area contributed by atoms with E-state index in [1.54, 1.807) is 6.34 Å². The van der Waals surface area contributed by atoms with E-state index in [9.17, 15) is 0 Å². The molecule has 2 nitrogen and oxygen atoms in total. The van der Waals surface area contributed by atoms with Gasteiger partial charge in [0.2, 0.25) is 0 Å². The first-order chi connectivity index (χ1) is 2.89. The van der Waals surface area contributed by atoms with Gasteiger partial charge in [0.15, 0.2) is 0 Å². The summed E-state index contributed by atoms with van der Waals surface area (Å²) < 4.78 is 0. The third-order valence-electron chi connectivity index (χ3n) is 0.553. The minimum atomic E-state index is 0.745. The molecule has 0 bridgehead atoms. The molecule has 6 heavy (non-hydrogen) atoms. The van der Waals surface area contributed by atoms with Crippen LogP contribution >= 0.6 is 12.2 Å². The van der Waals surface area contributed by atoms with E-state index in [1.165, 1.54) is 0 Å². The first-order valence-electron chi connectivity index (χ1n) is 1.68. The summed E-state index contributed by atoms with van der Waals surface area (Å²) in [6.07, 6.45) is 1.61. The fraction of sp³-hybridized carbons (Fsp3) is 0.333. The van der Waals surface area contributed by atoms with E-state index >= 15 is 0 Å². The Labute approximate surface area is 41.3 Å². The second-order valence-corrected chi connectivity index (χ2v) is 1.50. The van der Waals surface area contributed by atoms with Gasteiger partial charge in [0, 0.05) is 0 Å². The second-order valence-electron chi connectivity index (χ2n) is 1.03. The maximum Gasteiger partial charge on any atom is 0.124 e. The number of hydrogen-bond acceptors (Lipinski definition) is 2. The number of rotatable bonds is 0. The topological polar surface area (TPSA) is 24.4 Å². The van der Waals surface area contributed by atoms with Gasteiger partial charge in [-0.1, -0.05) is 12.2 Å². The molecule has 0 amide bonds.